The summed E-state index contributed by atoms with van der Waals surface area (Å²) in [6, 6.07) is 13.6. The van der Waals surface area contributed by atoms with Crippen molar-refractivity contribution in [2.75, 3.05) is 18.4 Å². The number of sulfonamides is 1. The average Bonchev–Trinajstić information content (AvgIpc) is 3.13. The number of amides is 1. The number of anilines is 1. The number of aromatic amines is 1. The number of piperidine rings is 1. The maximum Gasteiger partial charge on any atom is 0.276 e. The number of carbonyl (C=O) groups excluding carboxylic acids is 1. The van der Waals surface area contributed by atoms with Crippen LogP contribution in [0.2, 0.25) is 0 Å². The van der Waals surface area contributed by atoms with Gasteiger partial charge in [-0.05, 0) is 43.2 Å². The fourth-order valence-electron chi connectivity index (χ4n) is 3.29. The molecule has 2 heterocycles. The van der Waals surface area contributed by atoms with Gasteiger partial charge in [-0.15, -0.1) is 0 Å². The molecule has 1 saturated heterocycles. The third-order valence-corrected chi connectivity index (χ3v) is 6.66. The van der Waals surface area contributed by atoms with Crippen LogP contribution in [0.25, 0.3) is 10.9 Å². The molecule has 1 aliphatic rings. The number of hydrogen-bond acceptors (Lipinski definition) is 4. The van der Waals surface area contributed by atoms with Crippen LogP contribution in [0.4, 0.5) is 5.69 Å². The molecule has 1 aliphatic heterocycles. The summed E-state index contributed by atoms with van der Waals surface area (Å²) in [7, 11) is -3.48. The minimum absolute atomic E-state index is 0.243. The lowest BCUT2D eigenvalue weighted by molar-refractivity contribution is 0.102. The van der Waals surface area contributed by atoms with Crippen LogP contribution in [0, 0.1) is 0 Å². The summed E-state index contributed by atoms with van der Waals surface area (Å²) >= 11 is 0. The Morgan fingerprint density at radius 2 is 1.70 bits per heavy atom. The molecule has 27 heavy (non-hydrogen) atoms. The summed E-state index contributed by atoms with van der Waals surface area (Å²) < 4.78 is 26.9. The lowest BCUT2D eigenvalue weighted by atomic mass is 10.2. The van der Waals surface area contributed by atoms with Gasteiger partial charge >= 0.3 is 0 Å². The molecule has 0 bridgehead atoms. The molecule has 1 amide bonds. The van der Waals surface area contributed by atoms with Gasteiger partial charge in [0, 0.05) is 24.2 Å². The number of para-hydroxylation sites is 1. The Kier molecular flexibility index (Phi) is 4.67. The summed E-state index contributed by atoms with van der Waals surface area (Å²) in [4.78, 5) is 12.7. The van der Waals surface area contributed by atoms with E-state index in [1.807, 2.05) is 24.3 Å². The summed E-state index contributed by atoms with van der Waals surface area (Å²) in [6.07, 6.45) is 2.86. The third-order valence-electron chi connectivity index (χ3n) is 4.75. The molecule has 0 spiro atoms. The molecule has 0 unspecified atom stereocenters. The SMILES string of the molecule is O=C(Nc1ccc(S(=O)(=O)N2CCCCC2)cc1)c1n[nH]c2ccccc12. The Bertz CT molecular complexity index is 1070. The smallest absolute Gasteiger partial charge is 0.276 e. The molecule has 0 radical (unpaired) electrons. The Labute approximate surface area is 157 Å². The van der Waals surface area contributed by atoms with Gasteiger partial charge in [-0.1, -0.05) is 24.6 Å². The molecule has 7 nitrogen and oxygen atoms in total. The van der Waals surface area contributed by atoms with E-state index in [0.29, 0.717) is 24.5 Å². The third kappa shape index (κ3) is 3.45. The number of benzene rings is 2. The van der Waals surface area contributed by atoms with Crippen LogP contribution < -0.4 is 5.32 Å². The van der Waals surface area contributed by atoms with Gasteiger partial charge in [0.05, 0.1) is 10.4 Å². The van der Waals surface area contributed by atoms with E-state index in [0.717, 1.165) is 30.2 Å². The van der Waals surface area contributed by atoms with Crippen LogP contribution in [0.1, 0.15) is 29.8 Å². The minimum atomic E-state index is -3.48. The van der Waals surface area contributed by atoms with Crippen LogP contribution in [0.15, 0.2) is 53.4 Å². The van der Waals surface area contributed by atoms with Crippen LogP contribution in [0.5, 0.6) is 0 Å². The van der Waals surface area contributed by atoms with Crippen molar-refractivity contribution in [3.05, 3.63) is 54.2 Å². The zero-order chi connectivity index (χ0) is 18.9. The first kappa shape index (κ1) is 17.7. The molecule has 2 N–H and O–H groups in total. The molecule has 1 fully saturated rings. The highest BCUT2D eigenvalue weighted by atomic mass is 32.2. The highest BCUT2D eigenvalue weighted by molar-refractivity contribution is 7.89. The molecule has 8 heteroatoms. The molecule has 140 valence electrons. The molecule has 0 aliphatic carbocycles. The quantitative estimate of drug-likeness (QED) is 0.723. The van der Waals surface area contributed by atoms with Gasteiger partial charge in [-0.2, -0.15) is 9.40 Å². The number of carbonyl (C=O) groups is 1. The highest BCUT2D eigenvalue weighted by Gasteiger charge is 2.25. The molecule has 0 atom stereocenters. The van der Waals surface area contributed by atoms with E-state index in [1.165, 1.54) is 16.4 Å². The summed E-state index contributed by atoms with van der Waals surface area (Å²) in [5, 5.41) is 10.4. The Morgan fingerprint density at radius 1 is 1.00 bits per heavy atom. The minimum Gasteiger partial charge on any atom is -0.321 e. The molecule has 3 aromatic rings. The van der Waals surface area contributed by atoms with Crippen molar-refractivity contribution < 1.29 is 13.2 Å². The topological polar surface area (TPSA) is 95.2 Å². The van der Waals surface area contributed by atoms with Crippen molar-refractivity contribution in [1.29, 1.82) is 0 Å². The van der Waals surface area contributed by atoms with E-state index < -0.39 is 10.0 Å². The number of fused-ring (bicyclic) bond motifs is 1. The standard InChI is InChI=1S/C19H20N4O3S/c24-19(18-16-6-2-3-7-17(16)21-22-18)20-14-8-10-15(11-9-14)27(25,26)23-12-4-1-5-13-23/h2-3,6-11H,1,4-5,12-13H2,(H,20,24)(H,21,22). The van der Waals surface area contributed by atoms with Gasteiger partial charge in [-0.3, -0.25) is 9.89 Å². The van der Waals surface area contributed by atoms with E-state index in [-0.39, 0.29) is 10.8 Å². The lowest BCUT2D eigenvalue weighted by Gasteiger charge is -2.25. The number of aromatic nitrogens is 2. The van der Waals surface area contributed by atoms with E-state index in [2.05, 4.69) is 15.5 Å². The number of nitrogens with zero attached hydrogens (tertiary/aromatic N) is 2. The second-order valence-corrected chi connectivity index (χ2v) is 8.50. The summed E-state index contributed by atoms with van der Waals surface area (Å²) in [5.41, 5.74) is 1.60. The van der Waals surface area contributed by atoms with E-state index in [1.54, 1.807) is 12.1 Å². The van der Waals surface area contributed by atoms with Gasteiger partial charge in [0.15, 0.2) is 5.69 Å². The molecule has 1 aromatic heterocycles. The lowest BCUT2D eigenvalue weighted by Crippen LogP contribution is -2.35. The van der Waals surface area contributed by atoms with Crippen molar-refractivity contribution in [3.8, 4) is 0 Å². The average molecular weight is 384 g/mol. The molecular formula is C19H20N4O3S. The van der Waals surface area contributed by atoms with Crippen LogP contribution in [0.3, 0.4) is 0 Å². The highest BCUT2D eigenvalue weighted by Crippen LogP contribution is 2.22. The first-order chi connectivity index (χ1) is 13.1. The van der Waals surface area contributed by atoms with Crippen molar-refractivity contribution in [3.63, 3.8) is 0 Å². The van der Waals surface area contributed by atoms with Gasteiger partial charge in [0.2, 0.25) is 10.0 Å². The molecule has 0 saturated carbocycles. The van der Waals surface area contributed by atoms with Crippen LogP contribution >= 0.6 is 0 Å². The van der Waals surface area contributed by atoms with Crippen LogP contribution in [-0.4, -0.2) is 41.9 Å². The Balaban J connectivity index is 1.51. The Hall–Kier alpha value is -2.71. The second-order valence-electron chi connectivity index (χ2n) is 6.56. The number of nitrogens with one attached hydrogen (secondary N) is 2. The fourth-order valence-corrected chi connectivity index (χ4v) is 4.81. The monoisotopic (exact) mass is 384 g/mol. The van der Waals surface area contributed by atoms with Crippen LogP contribution in [-0.2, 0) is 10.0 Å². The van der Waals surface area contributed by atoms with Crippen molar-refractivity contribution in [2.24, 2.45) is 0 Å². The second kappa shape index (κ2) is 7.13. The molecule has 2 aromatic carbocycles. The van der Waals surface area contributed by atoms with E-state index in [4.69, 9.17) is 0 Å². The predicted octanol–water partition coefficient (Wildman–Crippen LogP) is 2.99. The van der Waals surface area contributed by atoms with Crippen molar-refractivity contribution >= 4 is 32.5 Å². The molecular weight excluding hydrogens is 364 g/mol. The van der Waals surface area contributed by atoms with E-state index >= 15 is 0 Å². The number of H-pyrrole nitrogens is 1. The van der Waals surface area contributed by atoms with Gasteiger partial charge in [0.1, 0.15) is 0 Å². The fraction of sp³-hybridized carbons (Fsp3) is 0.263. The predicted molar refractivity (Wildman–Crippen MR) is 103 cm³/mol. The maximum atomic E-state index is 12.7. The van der Waals surface area contributed by atoms with Gasteiger partial charge < -0.3 is 5.32 Å². The summed E-state index contributed by atoms with van der Waals surface area (Å²) in [6.45, 7) is 1.13. The zero-order valence-corrected chi connectivity index (χ0v) is 15.5. The van der Waals surface area contributed by atoms with Gasteiger partial charge in [-0.25, -0.2) is 8.42 Å². The van der Waals surface area contributed by atoms with Crippen molar-refractivity contribution in [1.82, 2.24) is 14.5 Å². The summed E-state index contributed by atoms with van der Waals surface area (Å²) in [5.74, 6) is -0.348. The molecule has 4 rings (SSSR count). The zero-order valence-electron chi connectivity index (χ0n) is 14.7. The first-order valence-electron chi connectivity index (χ1n) is 8.90. The van der Waals surface area contributed by atoms with Crippen molar-refractivity contribution in [2.45, 2.75) is 24.2 Å². The number of hydrogen-bond donors (Lipinski definition) is 2. The Morgan fingerprint density at radius 3 is 2.44 bits per heavy atom. The number of rotatable bonds is 4. The van der Waals surface area contributed by atoms with E-state index in [9.17, 15) is 13.2 Å². The normalized spacial score (nSPS) is 15.7. The largest absolute Gasteiger partial charge is 0.321 e. The van der Waals surface area contributed by atoms with Gasteiger partial charge in [0.25, 0.3) is 5.91 Å². The maximum absolute atomic E-state index is 12.7. The first-order valence-corrected chi connectivity index (χ1v) is 10.3.